The molecule has 220 valence electrons. The van der Waals surface area contributed by atoms with Crippen molar-refractivity contribution in [1.82, 2.24) is 9.80 Å². The van der Waals surface area contributed by atoms with Gasteiger partial charge in [-0.3, -0.25) is 29.0 Å². The molecular formula is C32H34N2O8. The molecule has 10 heteroatoms. The minimum Gasteiger partial charge on any atom is -0.493 e. The zero-order chi connectivity index (χ0) is 30.0. The van der Waals surface area contributed by atoms with Crippen molar-refractivity contribution in [1.29, 1.82) is 0 Å². The summed E-state index contributed by atoms with van der Waals surface area (Å²) in [6, 6.07) is 10.6. The zero-order valence-corrected chi connectivity index (χ0v) is 24.1. The van der Waals surface area contributed by atoms with Crippen molar-refractivity contribution in [2.45, 2.75) is 24.7 Å². The molecule has 2 aromatic rings. The van der Waals surface area contributed by atoms with E-state index >= 15 is 0 Å². The van der Waals surface area contributed by atoms with Gasteiger partial charge in [-0.05, 0) is 60.4 Å². The Kier molecular flexibility index (Phi) is 8.33. The van der Waals surface area contributed by atoms with Crippen LogP contribution in [0.3, 0.4) is 0 Å². The number of nitrogens with zero attached hydrogens (tertiary/aromatic N) is 2. The molecule has 0 N–H and O–H groups in total. The van der Waals surface area contributed by atoms with Gasteiger partial charge in [0.1, 0.15) is 0 Å². The van der Waals surface area contributed by atoms with Crippen LogP contribution in [0.5, 0.6) is 23.0 Å². The van der Waals surface area contributed by atoms with Crippen LogP contribution in [0.4, 0.5) is 0 Å². The van der Waals surface area contributed by atoms with Crippen LogP contribution in [0.15, 0.2) is 60.7 Å². The molecule has 5 rings (SSSR count). The summed E-state index contributed by atoms with van der Waals surface area (Å²) in [6.07, 6.45) is 7.38. The van der Waals surface area contributed by atoms with E-state index in [9.17, 15) is 19.2 Å². The first-order valence-electron chi connectivity index (χ1n) is 13.8. The fourth-order valence-electron chi connectivity index (χ4n) is 6.29. The molecule has 3 aliphatic rings. The van der Waals surface area contributed by atoms with Gasteiger partial charge in [0, 0.05) is 24.9 Å². The van der Waals surface area contributed by atoms with Gasteiger partial charge in [-0.15, -0.1) is 0 Å². The fourth-order valence-corrected chi connectivity index (χ4v) is 6.29. The Labute approximate surface area is 244 Å². The van der Waals surface area contributed by atoms with Crippen LogP contribution in [0.2, 0.25) is 0 Å². The molecule has 10 nitrogen and oxygen atoms in total. The van der Waals surface area contributed by atoms with Crippen LogP contribution in [0.1, 0.15) is 35.8 Å². The van der Waals surface area contributed by atoms with Crippen LogP contribution in [-0.2, 0) is 19.2 Å². The van der Waals surface area contributed by atoms with E-state index in [0.29, 0.717) is 47.0 Å². The quantitative estimate of drug-likeness (QED) is 0.441. The van der Waals surface area contributed by atoms with Gasteiger partial charge in [0.15, 0.2) is 23.0 Å². The molecule has 1 fully saturated rings. The number of imide groups is 2. The largest absolute Gasteiger partial charge is 0.493 e. The predicted octanol–water partition coefficient (Wildman–Crippen LogP) is 3.46. The van der Waals surface area contributed by atoms with E-state index in [0.717, 1.165) is 0 Å². The summed E-state index contributed by atoms with van der Waals surface area (Å²) in [5, 5.41) is 0. The monoisotopic (exact) mass is 574 g/mol. The molecule has 0 saturated heterocycles. The molecule has 2 aliphatic heterocycles. The van der Waals surface area contributed by atoms with Crippen LogP contribution in [0, 0.1) is 11.8 Å². The van der Waals surface area contributed by atoms with Gasteiger partial charge in [0.2, 0.25) is 11.8 Å². The molecule has 0 unspecified atom stereocenters. The summed E-state index contributed by atoms with van der Waals surface area (Å²) in [5.74, 6) is -2.56. The summed E-state index contributed by atoms with van der Waals surface area (Å²) >= 11 is 0. The maximum atomic E-state index is 14.3. The molecule has 0 spiro atoms. The number of ether oxygens (including phenoxy) is 4. The average Bonchev–Trinajstić information content (AvgIpc) is 3.00. The number of carbonyl (C=O) groups is 4. The number of methoxy groups -OCH3 is 4. The highest BCUT2D eigenvalue weighted by Crippen LogP contribution is 2.60. The Balaban J connectivity index is 1.67. The van der Waals surface area contributed by atoms with Crippen molar-refractivity contribution in [2.75, 3.05) is 41.5 Å². The molecule has 0 aromatic heterocycles. The highest BCUT2D eigenvalue weighted by molar-refractivity contribution is 6.06. The molecule has 0 atom stereocenters. The molecule has 2 aromatic carbocycles. The topological polar surface area (TPSA) is 112 Å². The third-order valence-electron chi connectivity index (χ3n) is 8.33. The standard InChI is InChI=1S/C32H34N2O8/c1-39-21-13-11-19(17-23(21)41-3)27-29(31(37)33-15-7-5-9-25(33)35)28(20-12-14-22(40-2)24(18-20)42-4)30(27)32(38)34-16-8-6-10-26(34)36/h5-6,9-14,17-18,27-30H,7-8,15-16H2,1-4H3. The highest BCUT2D eigenvalue weighted by Gasteiger charge is 2.60. The first-order chi connectivity index (χ1) is 20.3. The van der Waals surface area contributed by atoms with Gasteiger partial charge in [-0.25, -0.2) is 0 Å². The Morgan fingerprint density at radius 2 is 1.00 bits per heavy atom. The van der Waals surface area contributed by atoms with Gasteiger partial charge >= 0.3 is 0 Å². The normalized spacial score (nSPS) is 23.3. The number of amides is 4. The Hall–Kier alpha value is -4.60. The van der Waals surface area contributed by atoms with Crippen LogP contribution >= 0.6 is 0 Å². The molecule has 0 bridgehead atoms. The molecule has 42 heavy (non-hydrogen) atoms. The fraction of sp³-hybridized carbons (Fsp3) is 0.375. The SMILES string of the molecule is COc1ccc(C2C(C(=O)N3CCC=CC3=O)C(c3ccc(OC)c(OC)c3)C2C(=O)N2CCC=CC2=O)cc1OC. The molecule has 0 radical (unpaired) electrons. The summed E-state index contributed by atoms with van der Waals surface area (Å²) in [5.41, 5.74) is 1.34. The summed E-state index contributed by atoms with van der Waals surface area (Å²) in [7, 11) is 6.07. The lowest BCUT2D eigenvalue weighted by Crippen LogP contribution is -2.59. The molecular weight excluding hydrogens is 540 g/mol. The Bertz CT molecular complexity index is 1350. The zero-order valence-electron chi connectivity index (χ0n) is 24.1. The van der Waals surface area contributed by atoms with Crippen molar-refractivity contribution in [3.8, 4) is 23.0 Å². The Morgan fingerprint density at radius 1 is 0.619 bits per heavy atom. The highest BCUT2D eigenvalue weighted by atomic mass is 16.5. The second-order valence-electron chi connectivity index (χ2n) is 10.4. The van der Waals surface area contributed by atoms with Crippen LogP contribution in [0.25, 0.3) is 0 Å². The van der Waals surface area contributed by atoms with E-state index in [1.165, 1.54) is 50.4 Å². The number of rotatable bonds is 8. The van der Waals surface area contributed by atoms with Crippen molar-refractivity contribution < 1.29 is 38.1 Å². The maximum Gasteiger partial charge on any atom is 0.252 e. The molecule has 1 aliphatic carbocycles. The molecule has 2 heterocycles. The lowest BCUT2D eigenvalue weighted by atomic mass is 9.51. The van der Waals surface area contributed by atoms with Gasteiger partial charge in [-0.2, -0.15) is 0 Å². The number of benzene rings is 2. The van der Waals surface area contributed by atoms with E-state index in [1.54, 1.807) is 48.6 Å². The van der Waals surface area contributed by atoms with Crippen molar-refractivity contribution in [3.05, 3.63) is 71.8 Å². The van der Waals surface area contributed by atoms with E-state index in [1.807, 2.05) is 0 Å². The third kappa shape index (κ3) is 5.01. The average molecular weight is 575 g/mol. The van der Waals surface area contributed by atoms with Gasteiger partial charge in [0.05, 0.1) is 40.3 Å². The minimum absolute atomic E-state index is 0.246. The maximum absolute atomic E-state index is 14.3. The summed E-state index contributed by atoms with van der Waals surface area (Å²) in [6.45, 7) is 0.492. The smallest absolute Gasteiger partial charge is 0.252 e. The van der Waals surface area contributed by atoms with E-state index in [4.69, 9.17) is 18.9 Å². The van der Waals surface area contributed by atoms with Crippen molar-refractivity contribution in [2.24, 2.45) is 11.8 Å². The lowest BCUT2D eigenvalue weighted by Gasteiger charge is -2.52. The summed E-state index contributed by atoms with van der Waals surface area (Å²) < 4.78 is 21.9. The first-order valence-corrected chi connectivity index (χ1v) is 13.8. The van der Waals surface area contributed by atoms with Crippen molar-refractivity contribution >= 4 is 23.6 Å². The van der Waals surface area contributed by atoms with E-state index < -0.39 is 35.5 Å². The van der Waals surface area contributed by atoms with Crippen LogP contribution < -0.4 is 18.9 Å². The van der Waals surface area contributed by atoms with Crippen LogP contribution in [-0.4, -0.2) is 75.0 Å². The minimum atomic E-state index is -0.791. The third-order valence-corrected chi connectivity index (χ3v) is 8.33. The van der Waals surface area contributed by atoms with Gasteiger partial charge in [0.25, 0.3) is 11.8 Å². The van der Waals surface area contributed by atoms with E-state index in [-0.39, 0.29) is 24.9 Å². The number of hydrogen-bond donors (Lipinski definition) is 0. The first kappa shape index (κ1) is 28.9. The van der Waals surface area contributed by atoms with E-state index in [2.05, 4.69) is 0 Å². The second kappa shape index (κ2) is 12.1. The number of hydrogen-bond acceptors (Lipinski definition) is 8. The predicted molar refractivity (Wildman–Crippen MR) is 153 cm³/mol. The lowest BCUT2D eigenvalue weighted by molar-refractivity contribution is -0.157. The Morgan fingerprint density at radius 3 is 1.33 bits per heavy atom. The van der Waals surface area contributed by atoms with Crippen molar-refractivity contribution in [3.63, 3.8) is 0 Å². The molecule has 1 saturated carbocycles. The molecule has 4 amide bonds. The summed E-state index contributed by atoms with van der Waals surface area (Å²) in [4.78, 5) is 56.8. The van der Waals surface area contributed by atoms with Gasteiger partial charge < -0.3 is 18.9 Å². The number of carbonyl (C=O) groups excluding carboxylic acids is 4. The van der Waals surface area contributed by atoms with Gasteiger partial charge in [-0.1, -0.05) is 24.3 Å². The second-order valence-corrected chi connectivity index (χ2v) is 10.4.